The maximum absolute atomic E-state index is 12.9. The number of carbonyl (C=O) groups is 1. The van der Waals surface area contributed by atoms with Gasteiger partial charge in [-0.3, -0.25) is 4.79 Å². The van der Waals surface area contributed by atoms with E-state index in [0.717, 1.165) is 18.4 Å². The molecule has 1 aromatic heterocycles. The van der Waals surface area contributed by atoms with E-state index in [0.29, 0.717) is 11.3 Å². The summed E-state index contributed by atoms with van der Waals surface area (Å²) in [6, 6.07) is 7.99. The second-order valence-corrected chi connectivity index (χ2v) is 8.19. The van der Waals surface area contributed by atoms with Crippen LogP contribution >= 0.6 is 0 Å². The van der Waals surface area contributed by atoms with E-state index >= 15 is 0 Å². The summed E-state index contributed by atoms with van der Waals surface area (Å²) in [5.41, 5.74) is 1.11. The summed E-state index contributed by atoms with van der Waals surface area (Å²) in [5.74, 6) is 0.428. The lowest BCUT2D eigenvalue weighted by Crippen LogP contribution is -2.31. The zero-order valence-electron chi connectivity index (χ0n) is 14.5. The Morgan fingerprint density at radius 2 is 2.04 bits per heavy atom. The van der Waals surface area contributed by atoms with Gasteiger partial charge in [0.2, 0.25) is 10.0 Å². The SMILES string of the molecule is Cc1ccc(S(=O)(=O)NC2CC2)cc1C(=O)N(C)C(C)c1ccco1. The first-order chi connectivity index (χ1) is 11.8. The highest BCUT2D eigenvalue weighted by Crippen LogP contribution is 2.25. The smallest absolute Gasteiger partial charge is 0.254 e. The highest BCUT2D eigenvalue weighted by molar-refractivity contribution is 7.89. The number of hydrogen-bond donors (Lipinski definition) is 1. The number of nitrogens with zero attached hydrogens (tertiary/aromatic N) is 1. The average Bonchev–Trinajstić information content (AvgIpc) is 3.21. The lowest BCUT2D eigenvalue weighted by atomic mass is 10.1. The molecule has 2 aromatic rings. The first kappa shape index (κ1) is 17.7. The molecule has 7 heteroatoms. The largest absolute Gasteiger partial charge is 0.467 e. The highest BCUT2D eigenvalue weighted by atomic mass is 32.2. The van der Waals surface area contributed by atoms with Crippen molar-refractivity contribution in [1.29, 1.82) is 0 Å². The van der Waals surface area contributed by atoms with Gasteiger partial charge in [0.15, 0.2) is 0 Å². The Hall–Kier alpha value is -2.12. The summed E-state index contributed by atoms with van der Waals surface area (Å²) >= 11 is 0. The average molecular weight is 362 g/mol. The van der Waals surface area contributed by atoms with Crippen molar-refractivity contribution in [2.75, 3.05) is 7.05 Å². The number of sulfonamides is 1. The molecular weight excluding hydrogens is 340 g/mol. The fourth-order valence-corrected chi connectivity index (χ4v) is 3.90. The van der Waals surface area contributed by atoms with Gasteiger partial charge in [0.05, 0.1) is 17.2 Å². The molecule has 0 radical (unpaired) electrons. The first-order valence-electron chi connectivity index (χ1n) is 8.23. The molecule has 1 saturated carbocycles. The van der Waals surface area contributed by atoms with Crippen LogP contribution in [0.4, 0.5) is 0 Å². The van der Waals surface area contributed by atoms with Gasteiger partial charge in [0.1, 0.15) is 5.76 Å². The maximum atomic E-state index is 12.9. The zero-order valence-corrected chi connectivity index (χ0v) is 15.3. The van der Waals surface area contributed by atoms with E-state index in [4.69, 9.17) is 4.42 Å². The molecule has 1 heterocycles. The highest BCUT2D eigenvalue weighted by Gasteiger charge is 2.29. The van der Waals surface area contributed by atoms with Crippen LogP contribution in [-0.4, -0.2) is 32.3 Å². The van der Waals surface area contributed by atoms with Crippen molar-refractivity contribution >= 4 is 15.9 Å². The third-order valence-electron chi connectivity index (χ3n) is 4.51. The van der Waals surface area contributed by atoms with Crippen LogP contribution in [0.15, 0.2) is 45.9 Å². The van der Waals surface area contributed by atoms with Crippen molar-refractivity contribution in [1.82, 2.24) is 9.62 Å². The minimum absolute atomic E-state index is 0.0205. The van der Waals surface area contributed by atoms with E-state index in [1.165, 1.54) is 12.1 Å². The molecule has 1 aliphatic rings. The number of furan rings is 1. The van der Waals surface area contributed by atoms with Crippen molar-refractivity contribution in [3.8, 4) is 0 Å². The number of rotatable bonds is 6. The number of nitrogens with one attached hydrogen (secondary N) is 1. The third kappa shape index (κ3) is 3.77. The molecule has 1 aliphatic carbocycles. The topological polar surface area (TPSA) is 79.6 Å². The molecule has 6 nitrogen and oxygen atoms in total. The molecule has 25 heavy (non-hydrogen) atoms. The van der Waals surface area contributed by atoms with Gasteiger partial charge in [0, 0.05) is 18.7 Å². The van der Waals surface area contributed by atoms with Crippen LogP contribution in [0.25, 0.3) is 0 Å². The van der Waals surface area contributed by atoms with E-state index in [1.54, 1.807) is 37.3 Å². The van der Waals surface area contributed by atoms with Crippen LogP contribution in [0, 0.1) is 6.92 Å². The molecule has 0 saturated heterocycles. The third-order valence-corrected chi connectivity index (χ3v) is 6.02. The van der Waals surface area contributed by atoms with E-state index in [2.05, 4.69) is 4.72 Å². The summed E-state index contributed by atoms with van der Waals surface area (Å²) < 4.78 is 32.8. The Morgan fingerprint density at radius 1 is 1.32 bits per heavy atom. The normalized spacial score (nSPS) is 15.8. The van der Waals surface area contributed by atoms with Gasteiger partial charge in [0.25, 0.3) is 5.91 Å². The molecule has 3 rings (SSSR count). The van der Waals surface area contributed by atoms with Gasteiger partial charge in [-0.1, -0.05) is 6.07 Å². The lowest BCUT2D eigenvalue weighted by molar-refractivity contribution is 0.0725. The van der Waals surface area contributed by atoms with E-state index in [-0.39, 0.29) is 22.9 Å². The fourth-order valence-electron chi connectivity index (χ4n) is 2.57. The van der Waals surface area contributed by atoms with E-state index in [1.807, 2.05) is 13.0 Å². The van der Waals surface area contributed by atoms with Crippen molar-refractivity contribution < 1.29 is 17.6 Å². The lowest BCUT2D eigenvalue weighted by Gasteiger charge is -2.24. The Labute approximate surface area is 147 Å². The van der Waals surface area contributed by atoms with Gasteiger partial charge in [-0.05, 0) is 56.5 Å². The molecule has 0 spiro atoms. The molecule has 1 amide bonds. The molecular formula is C18H22N2O4S. The predicted molar refractivity (Wildman–Crippen MR) is 93.7 cm³/mol. The van der Waals surface area contributed by atoms with Gasteiger partial charge < -0.3 is 9.32 Å². The quantitative estimate of drug-likeness (QED) is 0.857. The Balaban J connectivity index is 1.88. The standard InChI is InChI=1S/C18H22N2O4S/c1-12-6-9-15(25(22,23)19-14-7-8-14)11-16(12)18(21)20(3)13(2)17-5-4-10-24-17/h4-6,9-11,13-14,19H,7-8H2,1-3H3. The van der Waals surface area contributed by atoms with Crippen molar-refractivity contribution in [2.45, 2.75) is 43.7 Å². The number of amides is 1. The number of carbonyl (C=O) groups excluding carboxylic acids is 1. The summed E-state index contributed by atoms with van der Waals surface area (Å²) in [6.45, 7) is 3.66. The van der Waals surface area contributed by atoms with Gasteiger partial charge in [-0.2, -0.15) is 0 Å². The van der Waals surface area contributed by atoms with Crippen molar-refractivity contribution in [3.63, 3.8) is 0 Å². The van der Waals surface area contributed by atoms with Gasteiger partial charge >= 0.3 is 0 Å². The van der Waals surface area contributed by atoms with Crippen molar-refractivity contribution in [3.05, 3.63) is 53.5 Å². The zero-order chi connectivity index (χ0) is 18.2. The van der Waals surface area contributed by atoms with Crippen LogP contribution < -0.4 is 4.72 Å². The Kier molecular flexibility index (Phi) is 4.71. The second-order valence-electron chi connectivity index (χ2n) is 6.48. The number of aryl methyl sites for hydroxylation is 1. The Bertz CT molecular complexity index is 870. The molecule has 1 unspecified atom stereocenters. The first-order valence-corrected chi connectivity index (χ1v) is 9.71. The minimum atomic E-state index is -3.60. The molecule has 0 bridgehead atoms. The van der Waals surface area contributed by atoms with Crippen LogP contribution in [0.5, 0.6) is 0 Å². The molecule has 134 valence electrons. The summed E-state index contributed by atoms with van der Waals surface area (Å²) in [4.78, 5) is 14.6. The fraction of sp³-hybridized carbons (Fsp3) is 0.389. The van der Waals surface area contributed by atoms with Gasteiger partial charge in [-0.25, -0.2) is 13.1 Å². The molecule has 1 atom stereocenters. The maximum Gasteiger partial charge on any atom is 0.254 e. The van der Waals surface area contributed by atoms with Crippen LogP contribution in [0.3, 0.4) is 0 Å². The summed E-state index contributed by atoms with van der Waals surface area (Å²) in [7, 11) is -1.92. The molecule has 0 aliphatic heterocycles. The molecule has 1 fully saturated rings. The van der Waals surface area contributed by atoms with E-state index < -0.39 is 10.0 Å². The Morgan fingerprint density at radius 3 is 2.64 bits per heavy atom. The summed E-state index contributed by atoms with van der Waals surface area (Å²) in [5, 5.41) is 0. The van der Waals surface area contributed by atoms with Gasteiger partial charge in [-0.15, -0.1) is 0 Å². The second kappa shape index (κ2) is 6.65. The monoisotopic (exact) mass is 362 g/mol. The van der Waals surface area contributed by atoms with Crippen LogP contribution in [-0.2, 0) is 10.0 Å². The van der Waals surface area contributed by atoms with Crippen LogP contribution in [0.2, 0.25) is 0 Å². The summed E-state index contributed by atoms with van der Waals surface area (Å²) in [6.07, 6.45) is 3.28. The molecule has 1 aromatic carbocycles. The number of hydrogen-bond acceptors (Lipinski definition) is 4. The predicted octanol–water partition coefficient (Wildman–Crippen LogP) is 2.86. The minimum Gasteiger partial charge on any atom is -0.467 e. The molecule has 1 N–H and O–H groups in total. The number of benzene rings is 1. The van der Waals surface area contributed by atoms with Crippen LogP contribution in [0.1, 0.15) is 47.5 Å². The van der Waals surface area contributed by atoms with Crippen molar-refractivity contribution in [2.24, 2.45) is 0 Å². The van der Waals surface area contributed by atoms with E-state index in [9.17, 15) is 13.2 Å².